The van der Waals surface area contributed by atoms with Crippen LogP contribution >= 0.6 is 0 Å². The Bertz CT molecular complexity index is 921. The minimum absolute atomic E-state index is 0.187. The summed E-state index contributed by atoms with van der Waals surface area (Å²) in [4.78, 5) is 8.63. The van der Waals surface area contributed by atoms with Gasteiger partial charge in [0, 0.05) is 12.0 Å². The largest absolute Gasteiger partial charge is 0.368 e. The fraction of sp³-hybridized carbons (Fsp3) is 0.111. The van der Waals surface area contributed by atoms with E-state index in [9.17, 15) is 4.39 Å². The fourth-order valence-corrected chi connectivity index (χ4v) is 2.98. The van der Waals surface area contributed by atoms with Crippen LogP contribution in [0.4, 0.5) is 21.8 Å². The van der Waals surface area contributed by atoms with Gasteiger partial charge in [-0.2, -0.15) is 4.98 Å². The lowest BCUT2D eigenvalue weighted by molar-refractivity contribution is 0.630. The van der Waals surface area contributed by atoms with Crippen molar-refractivity contribution in [2.75, 3.05) is 11.1 Å². The number of halogens is 1. The first-order valence-corrected chi connectivity index (χ1v) is 7.39. The number of nitrogens with one attached hydrogen (secondary N) is 1. The van der Waals surface area contributed by atoms with Gasteiger partial charge in [0.1, 0.15) is 11.6 Å². The minimum Gasteiger partial charge on any atom is -0.368 e. The van der Waals surface area contributed by atoms with Crippen molar-refractivity contribution in [3.8, 4) is 11.1 Å². The van der Waals surface area contributed by atoms with E-state index in [2.05, 4.69) is 21.4 Å². The molecule has 0 saturated heterocycles. The molecule has 0 radical (unpaired) electrons. The number of aryl methyl sites for hydroxylation is 1. The molecule has 2 aromatic carbocycles. The van der Waals surface area contributed by atoms with Gasteiger partial charge in [0.05, 0.1) is 11.4 Å². The lowest BCUT2D eigenvalue weighted by Crippen LogP contribution is -2.05. The van der Waals surface area contributed by atoms with Crippen LogP contribution in [-0.4, -0.2) is 9.97 Å². The van der Waals surface area contributed by atoms with Crippen LogP contribution < -0.4 is 11.1 Å². The molecule has 0 fully saturated rings. The van der Waals surface area contributed by atoms with E-state index in [0.29, 0.717) is 17.9 Å². The Morgan fingerprint density at radius 2 is 1.96 bits per heavy atom. The van der Waals surface area contributed by atoms with Crippen molar-refractivity contribution in [2.45, 2.75) is 13.3 Å². The average Bonchev–Trinajstić information content (AvgIpc) is 2.88. The lowest BCUT2D eigenvalue weighted by Gasteiger charge is -2.12. The number of hydrogen-bond donors (Lipinski definition) is 2. The Morgan fingerprint density at radius 1 is 1.13 bits per heavy atom. The number of anilines is 3. The third-order valence-corrected chi connectivity index (χ3v) is 4.02. The van der Waals surface area contributed by atoms with Crippen LogP contribution in [0.2, 0.25) is 0 Å². The van der Waals surface area contributed by atoms with E-state index in [0.717, 1.165) is 22.4 Å². The third kappa shape index (κ3) is 2.30. The summed E-state index contributed by atoms with van der Waals surface area (Å²) in [6, 6.07) is 13.1. The number of nitrogen functional groups attached to an aromatic ring is 1. The molecule has 23 heavy (non-hydrogen) atoms. The highest BCUT2D eigenvalue weighted by Crippen LogP contribution is 2.40. The second kappa shape index (κ2) is 5.05. The predicted molar refractivity (Wildman–Crippen MR) is 89.1 cm³/mol. The molecule has 1 aliphatic rings. The van der Waals surface area contributed by atoms with Gasteiger partial charge in [-0.25, -0.2) is 9.37 Å². The Morgan fingerprint density at radius 3 is 2.78 bits per heavy atom. The Hall–Kier alpha value is -2.95. The molecule has 3 aromatic rings. The number of rotatable bonds is 2. The molecule has 0 atom stereocenters. The zero-order valence-corrected chi connectivity index (χ0v) is 12.6. The molecule has 0 amide bonds. The summed E-state index contributed by atoms with van der Waals surface area (Å²) in [6.45, 7) is 1.85. The van der Waals surface area contributed by atoms with Crippen LogP contribution in [0.5, 0.6) is 0 Å². The Kier molecular flexibility index (Phi) is 3.01. The summed E-state index contributed by atoms with van der Waals surface area (Å²) in [5, 5.41) is 3.08. The van der Waals surface area contributed by atoms with E-state index in [1.807, 2.05) is 31.2 Å². The van der Waals surface area contributed by atoms with Crippen molar-refractivity contribution < 1.29 is 4.39 Å². The maximum absolute atomic E-state index is 14.1. The molecule has 4 rings (SSSR count). The minimum atomic E-state index is -0.317. The number of hydrogen-bond acceptors (Lipinski definition) is 4. The highest BCUT2D eigenvalue weighted by Gasteiger charge is 2.24. The van der Waals surface area contributed by atoms with Gasteiger partial charge in [0.2, 0.25) is 5.95 Å². The fourth-order valence-electron chi connectivity index (χ4n) is 2.98. The Labute approximate surface area is 133 Å². The van der Waals surface area contributed by atoms with Gasteiger partial charge in [-0.15, -0.1) is 0 Å². The quantitative estimate of drug-likeness (QED) is 0.591. The molecule has 114 valence electrons. The number of nitrogens with two attached hydrogens (primary N) is 1. The van der Waals surface area contributed by atoms with Crippen molar-refractivity contribution in [1.29, 1.82) is 0 Å². The van der Waals surface area contributed by atoms with Gasteiger partial charge in [-0.1, -0.05) is 30.3 Å². The summed E-state index contributed by atoms with van der Waals surface area (Å²) in [7, 11) is 0. The Balaban J connectivity index is 1.85. The molecular weight excluding hydrogens is 291 g/mol. The van der Waals surface area contributed by atoms with Crippen LogP contribution in [0.15, 0.2) is 42.5 Å². The van der Waals surface area contributed by atoms with Gasteiger partial charge in [0.15, 0.2) is 0 Å². The van der Waals surface area contributed by atoms with Crippen LogP contribution in [0.3, 0.4) is 0 Å². The molecule has 5 heteroatoms. The maximum atomic E-state index is 14.1. The molecular formula is C18H15FN4. The van der Waals surface area contributed by atoms with Gasteiger partial charge in [0.25, 0.3) is 0 Å². The summed E-state index contributed by atoms with van der Waals surface area (Å²) >= 11 is 0. The molecule has 0 saturated carbocycles. The molecule has 1 aromatic heterocycles. The number of aromatic nitrogens is 2. The predicted octanol–water partition coefficient (Wildman–Crippen LogP) is 3.82. The SMILES string of the molecule is Cc1ccc(Nc2nc(N)nc3c2-c2ccccc2C3)c(F)c1. The molecule has 0 aliphatic heterocycles. The second-order valence-electron chi connectivity index (χ2n) is 5.69. The first kappa shape index (κ1) is 13.7. The average molecular weight is 306 g/mol. The van der Waals surface area contributed by atoms with Gasteiger partial charge in [-0.3, -0.25) is 0 Å². The summed E-state index contributed by atoms with van der Waals surface area (Å²) in [5.74, 6) is 0.411. The van der Waals surface area contributed by atoms with Crippen LogP contribution in [0.25, 0.3) is 11.1 Å². The maximum Gasteiger partial charge on any atom is 0.222 e. The molecule has 0 bridgehead atoms. The third-order valence-electron chi connectivity index (χ3n) is 4.02. The van der Waals surface area contributed by atoms with Gasteiger partial charge >= 0.3 is 0 Å². The lowest BCUT2D eigenvalue weighted by atomic mass is 10.1. The molecule has 1 heterocycles. The first-order valence-electron chi connectivity index (χ1n) is 7.39. The van der Waals surface area contributed by atoms with Crippen molar-refractivity contribution in [3.63, 3.8) is 0 Å². The van der Waals surface area contributed by atoms with E-state index in [-0.39, 0.29) is 11.8 Å². The summed E-state index contributed by atoms with van der Waals surface area (Å²) in [5.41, 5.74) is 11.1. The highest BCUT2D eigenvalue weighted by molar-refractivity contribution is 5.86. The second-order valence-corrected chi connectivity index (χ2v) is 5.69. The number of benzene rings is 2. The summed E-state index contributed by atoms with van der Waals surface area (Å²) in [6.07, 6.45) is 0.712. The zero-order chi connectivity index (χ0) is 16.0. The molecule has 0 unspecified atom stereocenters. The van der Waals surface area contributed by atoms with E-state index in [1.54, 1.807) is 6.07 Å². The van der Waals surface area contributed by atoms with Crippen molar-refractivity contribution in [2.24, 2.45) is 0 Å². The van der Waals surface area contributed by atoms with Crippen molar-refractivity contribution >= 4 is 17.5 Å². The topological polar surface area (TPSA) is 63.8 Å². The van der Waals surface area contributed by atoms with Crippen molar-refractivity contribution in [3.05, 3.63) is 65.1 Å². The number of fused-ring (bicyclic) bond motifs is 3. The summed E-state index contributed by atoms with van der Waals surface area (Å²) < 4.78 is 14.1. The van der Waals surface area contributed by atoms with E-state index in [1.165, 1.54) is 11.6 Å². The number of nitrogens with zero attached hydrogens (tertiary/aromatic N) is 2. The van der Waals surface area contributed by atoms with Gasteiger partial charge < -0.3 is 11.1 Å². The monoisotopic (exact) mass is 306 g/mol. The molecule has 0 spiro atoms. The standard InChI is InChI=1S/C18H15FN4/c1-10-6-7-14(13(19)8-10)21-17-16-12-5-3-2-4-11(12)9-15(16)22-18(20)23-17/h2-8H,9H2,1H3,(H3,20,21,22,23). The normalized spacial score (nSPS) is 11.9. The smallest absolute Gasteiger partial charge is 0.222 e. The van der Waals surface area contributed by atoms with E-state index < -0.39 is 0 Å². The van der Waals surface area contributed by atoms with E-state index >= 15 is 0 Å². The van der Waals surface area contributed by atoms with Gasteiger partial charge in [-0.05, 0) is 35.7 Å². The van der Waals surface area contributed by atoms with Crippen LogP contribution in [-0.2, 0) is 6.42 Å². The van der Waals surface area contributed by atoms with E-state index in [4.69, 9.17) is 5.73 Å². The van der Waals surface area contributed by atoms with Crippen LogP contribution in [0.1, 0.15) is 16.8 Å². The molecule has 3 N–H and O–H groups in total. The molecule has 4 nitrogen and oxygen atoms in total. The zero-order valence-electron chi connectivity index (χ0n) is 12.6. The van der Waals surface area contributed by atoms with Crippen LogP contribution in [0, 0.1) is 12.7 Å². The molecule has 1 aliphatic carbocycles. The first-order chi connectivity index (χ1) is 11.1. The van der Waals surface area contributed by atoms with Crippen molar-refractivity contribution in [1.82, 2.24) is 9.97 Å². The highest BCUT2D eigenvalue weighted by atomic mass is 19.1.